The molecule has 2 rings (SSSR count). The van der Waals surface area contributed by atoms with Gasteiger partial charge in [0.25, 0.3) is 0 Å². The van der Waals surface area contributed by atoms with Crippen molar-refractivity contribution in [2.45, 2.75) is 24.8 Å². The largest absolute Gasteiger partial charge is 0.302 e. The maximum absolute atomic E-state index is 12.3. The molecule has 0 spiro atoms. The average Bonchev–Trinajstić information content (AvgIpc) is 2.33. The van der Waals surface area contributed by atoms with Crippen LogP contribution in [-0.4, -0.2) is 55.4 Å². The van der Waals surface area contributed by atoms with E-state index in [9.17, 15) is 4.79 Å². The minimum atomic E-state index is 0.0892. The van der Waals surface area contributed by atoms with E-state index in [0.717, 1.165) is 6.54 Å². The van der Waals surface area contributed by atoms with Crippen molar-refractivity contribution in [3.05, 3.63) is 34.9 Å². The predicted octanol–water partition coefficient (Wildman–Crippen LogP) is 2.94. The van der Waals surface area contributed by atoms with Gasteiger partial charge in [-0.2, -0.15) is 0 Å². The topological polar surface area (TPSA) is 23.6 Å². The van der Waals surface area contributed by atoms with Gasteiger partial charge in [0.15, 0.2) is 5.78 Å². The molecule has 0 amide bonds. The van der Waals surface area contributed by atoms with Gasteiger partial charge in [0.1, 0.15) is 0 Å². The van der Waals surface area contributed by atoms with Crippen molar-refractivity contribution in [3.63, 3.8) is 0 Å². The number of carbonyl (C=O) groups excluding carboxylic acids is 1. The maximum atomic E-state index is 12.3. The first-order valence-electron chi connectivity index (χ1n) is 7.08. The molecule has 1 saturated carbocycles. The van der Waals surface area contributed by atoms with Crippen molar-refractivity contribution in [2.24, 2.45) is 0 Å². The molecule has 1 aromatic rings. The van der Waals surface area contributed by atoms with Gasteiger partial charge in [-0.05, 0) is 52.5 Å². The van der Waals surface area contributed by atoms with Gasteiger partial charge in [-0.1, -0.05) is 23.7 Å². The molecule has 0 unspecified atom stereocenters. The van der Waals surface area contributed by atoms with Crippen molar-refractivity contribution in [1.29, 1.82) is 0 Å². The number of ketones is 1. The molecule has 1 aliphatic rings. The minimum absolute atomic E-state index is 0.0892. The van der Waals surface area contributed by atoms with E-state index in [1.54, 1.807) is 12.1 Å². The summed E-state index contributed by atoms with van der Waals surface area (Å²) in [6.07, 6.45) is 3.71. The van der Waals surface area contributed by atoms with Crippen LogP contribution in [0.15, 0.2) is 24.3 Å². The summed E-state index contributed by atoms with van der Waals surface area (Å²) in [7, 11) is 6.27. The minimum Gasteiger partial charge on any atom is -0.302 e. The van der Waals surface area contributed by atoms with Crippen LogP contribution in [0.5, 0.6) is 0 Å². The van der Waals surface area contributed by atoms with Gasteiger partial charge in [-0.15, -0.1) is 0 Å². The Hall–Kier alpha value is -0.900. The van der Waals surface area contributed by atoms with Gasteiger partial charge in [-0.3, -0.25) is 9.69 Å². The van der Waals surface area contributed by atoms with E-state index in [2.05, 4.69) is 23.9 Å². The number of rotatable bonds is 6. The third-order valence-corrected chi connectivity index (χ3v) is 4.71. The third-order valence-electron chi connectivity index (χ3n) is 4.38. The highest BCUT2D eigenvalue weighted by Crippen LogP contribution is 2.36. The molecule has 0 aromatic heterocycles. The molecule has 0 N–H and O–H groups in total. The van der Waals surface area contributed by atoms with Gasteiger partial charge >= 0.3 is 0 Å². The van der Waals surface area contributed by atoms with Gasteiger partial charge in [-0.25, -0.2) is 0 Å². The first-order valence-corrected chi connectivity index (χ1v) is 7.46. The number of benzene rings is 1. The molecule has 0 heterocycles. The van der Waals surface area contributed by atoms with E-state index in [0.29, 0.717) is 17.1 Å². The molecule has 0 atom stereocenters. The van der Waals surface area contributed by atoms with E-state index >= 15 is 0 Å². The van der Waals surface area contributed by atoms with Crippen LogP contribution in [0.2, 0.25) is 5.02 Å². The Morgan fingerprint density at radius 1 is 1.25 bits per heavy atom. The Kier molecular flexibility index (Phi) is 4.84. The zero-order valence-corrected chi connectivity index (χ0v) is 13.3. The van der Waals surface area contributed by atoms with Crippen molar-refractivity contribution >= 4 is 17.4 Å². The monoisotopic (exact) mass is 294 g/mol. The van der Waals surface area contributed by atoms with Crippen molar-refractivity contribution in [3.8, 4) is 0 Å². The van der Waals surface area contributed by atoms with Gasteiger partial charge in [0, 0.05) is 17.6 Å². The summed E-state index contributed by atoms with van der Waals surface area (Å²) < 4.78 is 0. The summed E-state index contributed by atoms with van der Waals surface area (Å²) in [5.74, 6) is 0.0892. The van der Waals surface area contributed by atoms with E-state index in [1.807, 2.05) is 19.2 Å². The SMILES string of the molecule is CN(CC(=O)c1ccccc1Cl)CC1(N(C)C)CCC1. The smallest absolute Gasteiger partial charge is 0.178 e. The van der Waals surface area contributed by atoms with Crippen molar-refractivity contribution in [1.82, 2.24) is 9.80 Å². The average molecular weight is 295 g/mol. The van der Waals surface area contributed by atoms with Crippen LogP contribution in [0.25, 0.3) is 0 Å². The fourth-order valence-electron chi connectivity index (χ4n) is 2.91. The van der Waals surface area contributed by atoms with E-state index < -0.39 is 0 Å². The summed E-state index contributed by atoms with van der Waals surface area (Å²) in [4.78, 5) is 16.7. The fourth-order valence-corrected chi connectivity index (χ4v) is 3.15. The fraction of sp³-hybridized carbons (Fsp3) is 0.562. The summed E-state index contributed by atoms with van der Waals surface area (Å²) in [6.45, 7) is 1.34. The lowest BCUT2D eigenvalue weighted by Gasteiger charge is -2.49. The molecule has 0 bridgehead atoms. The standard InChI is InChI=1S/C16H23ClN2O/c1-18(2)16(9-6-10-16)12-19(3)11-15(20)13-7-4-5-8-14(13)17/h4-5,7-8H,6,9-12H2,1-3H3. The van der Waals surface area contributed by atoms with Gasteiger partial charge in [0.05, 0.1) is 11.6 Å². The molecule has 110 valence electrons. The quantitative estimate of drug-likeness (QED) is 0.754. The number of hydrogen-bond acceptors (Lipinski definition) is 3. The molecular weight excluding hydrogens is 272 g/mol. The summed E-state index contributed by atoms with van der Waals surface area (Å²) in [5.41, 5.74) is 0.865. The second-order valence-corrected chi connectivity index (χ2v) is 6.45. The second kappa shape index (κ2) is 6.25. The van der Waals surface area contributed by atoms with E-state index in [1.165, 1.54) is 19.3 Å². The number of carbonyl (C=O) groups is 1. The van der Waals surface area contributed by atoms with Crippen LogP contribution < -0.4 is 0 Å². The zero-order valence-electron chi connectivity index (χ0n) is 12.5. The van der Waals surface area contributed by atoms with Crippen LogP contribution in [0, 0.1) is 0 Å². The molecule has 20 heavy (non-hydrogen) atoms. The number of halogens is 1. The zero-order chi connectivity index (χ0) is 14.8. The lowest BCUT2D eigenvalue weighted by Crippen LogP contribution is -2.57. The van der Waals surface area contributed by atoms with Crippen LogP contribution >= 0.6 is 11.6 Å². The normalized spacial score (nSPS) is 17.3. The van der Waals surface area contributed by atoms with Crippen LogP contribution in [0.1, 0.15) is 29.6 Å². The Bertz CT molecular complexity index is 483. The number of nitrogens with zero attached hydrogens (tertiary/aromatic N) is 2. The maximum Gasteiger partial charge on any atom is 0.178 e. The molecule has 3 nitrogen and oxygen atoms in total. The molecular formula is C16H23ClN2O. The molecule has 1 aliphatic carbocycles. The number of likely N-dealkylation sites (N-methyl/N-ethyl adjacent to an activating group) is 2. The third kappa shape index (κ3) is 3.22. The van der Waals surface area contributed by atoms with E-state index in [-0.39, 0.29) is 11.3 Å². The predicted molar refractivity (Wildman–Crippen MR) is 83.5 cm³/mol. The first kappa shape index (κ1) is 15.5. The Morgan fingerprint density at radius 2 is 1.90 bits per heavy atom. The first-order chi connectivity index (χ1) is 9.44. The molecule has 0 saturated heterocycles. The van der Waals surface area contributed by atoms with Crippen LogP contribution in [-0.2, 0) is 0 Å². The Morgan fingerprint density at radius 3 is 2.40 bits per heavy atom. The van der Waals surface area contributed by atoms with Crippen LogP contribution in [0.4, 0.5) is 0 Å². The molecule has 0 radical (unpaired) electrons. The molecule has 1 fully saturated rings. The second-order valence-electron chi connectivity index (χ2n) is 6.05. The van der Waals surface area contributed by atoms with Crippen molar-refractivity contribution in [2.75, 3.05) is 34.2 Å². The highest BCUT2D eigenvalue weighted by atomic mass is 35.5. The number of Topliss-reactive ketones (excluding diaryl/α,β-unsaturated/α-hetero) is 1. The molecule has 0 aliphatic heterocycles. The lowest BCUT2D eigenvalue weighted by atomic mass is 9.75. The molecule has 4 heteroatoms. The Labute approximate surface area is 126 Å². The Balaban J connectivity index is 1.96. The summed E-state index contributed by atoms with van der Waals surface area (Å²) in [5, 5.41) is 0.539. The summed E-state index contributed by atoms with van der Waals surface area (Å²) in [6, 6.07) is 7.26. The molecule has 1 aromatic carbocycles. The van der Waals surface area contributed by atoms with E-state index in [4.69, 9.17) is 11.6 Å². The highest BCUT2D eigenvalue weighted by molar-refractivity contribution is 6.34. The van der Waals surface area contributed by atoms with Gasteiger partial charge in [0.2, 0.25) is 0 Å². The highest BCUT2D eigenvalue weighted by Gasteiger charge is 2.39. The lowest BCUT2D eigenvalue weighted by molar-refractivity contribution is 0.0280. The van der Waals surface area contributed by atoms with Crippen LogP contribution in [0.3, 0.4) is 0 Å². The van der Waals surface area contributed by atoms with Crippen molar-refractivity contribution < 1.29 is 4.79 Å². The van der Waals surface area contributed by atoms with Gasteiger partial charge < -0.3 is 4.90 Å². The summed E-state index contributed by atoms with van der Waals surface area (Å²) >= 11 is 6.08. The number of hydrogen-bond donors (Lipinski definition) is 0.